The Morgan fingerprint density at radius 1 is 1.07 bits per heavy atom. The fourth-order valence-corrected chi connectivity index (χ4v) is 3.42. The number of methoxy groups -OCH3 is 2. The molecule has 1 unspecified atom stereocenters. The summed E-state index contributed by atoms with van der Waals surface area (Å²) in [5.41, 5.74) is 8.18. The summed E-state index contributed by atoms with van der Waals surface area (Å²) in [4.78, 5) is 7.09. The molecule has 1 saturated heterocycles. The van der Waals surface area contributed by atoms with E-state index in [0.29, 0.717) is 12.5 Å². The first-order valence-electron chi connectivity index (χ1n) is 9.29. The zero-order chi connectivity index (χ0) is 19.1. The lowest BCUT2D eigenvalue weighted by Gasteiger charge is -2.27. The summed E-state index contributed by atoms with van der Waals surface area (Å²) < 4.78 is 10.6. The second-order valence-electron chi connectivity index (χ2n) is 6.58. The van der Waals surface area contributed by atoms with Crippen LogP contribution < -0.4 is 20.5 Å². The van der Waals surface area contributed by atoms with E-state index in [0.717, 1.165) is 30.3 Å². The highest BCUT2D eigenvalue weighted by atomic mass is 127. The van der Waals surface area contributed by atoms with E-state index in [9.17, 15) is 0 Å². The van der Waals surface area contributed by atoms with Crippen molar-refractivity contribution in [2.45, 2.75) is 18.9 Å². The van der Waals surface area contributed by atoms with Gasteiger partial charge in [-0.2, -0.15) is 0 Å². The fourth-order valence-electron chi connectivity index (χ4n) is 3.42. The highest BCUT2D eigenvalue weighted by Crippen LogP contribution is 2.27. The van der Waals surface area contributed by atoms with Gasteiger partial charge in [0, 0.05) is 0 Å². The smallest absolute Gasteiger partial charge is 0.193 e. The lowest BCUT2D eigenvalue weighted by atomic mass is 10.1. The molecular weight excluding hydrogens is 467 g/mol. The predicted octanol–water partition coefficient (Wildman–Crippen LogP) is 3.89. The molecule has 28 heavy (non-hydrogen) atoms. The number of anilines is 1. The SMILES string of the molecule is COc1ccc(C(CN=C(N)Nc2ccccc2OC)N2CCCC2)cc1.I. The van der Waals surface area contributed by atoms with Crippen LogP contribution in [0.25, 0.3) is 0 Å². The number of likely N-dealkylation sites (tertiary alicyclic amines) is 1. The summed E-state index contributed by atoms with van der Waals surface area (Å²) in [6.45, 7) is 2.78. The number of nitrogens with two attached hydrogens (primary N) is 1. The first kappa shape index (κ1) is 22.3. The monoisotopic (exact) mass is 496 g/mol. The first-order valence-corrected chi connectivity index (χ1v) is 9.29. The molecule has 7 heteroatoms. The van der Waals surface area contributed by atoms with Crippen molar-refractivity contribution in [1.29, 1.82) is 0 Å². The largest absolute Gasteiger partial charge is 0.497 e. The van der Waals surface area contributed by atoms with E-state index in [2.05, 4.69) is 27.3 Å². The van der Waals surface area contributed by atoms with Gasteiger partial charge in [0.25, 0.3) is 0 Å². The Bertz CT molecular complexity index is 761. The number of hydrogen-bond donors (Lipinski definition) is 2. The molecule has 1 aliphatic rings. The third kappa shape index (κ3) is 5.75. The van der Waals surface area contributed by atoms with Crippen molar-refractivity contribution in [3.8, 4) is 11.5 Å². The van der Waals surface area contributed by atoms with Gasteiger partial charge in [0.1, 0.15) is 11.5 Å². The molecule has 0 amide bonds. The van der Waals surface area contributed by atoms with Crippen LogP contribution in [0.2, 0.25) is 0 Å². The Balaban J connectivity index is 0.00000280. The summed E-state index contributed by atoms with van der Waals surface area (Å²) >= 11 is 0. The molecule has 1 aliphatic heterocycles. The molecule has 1 atom stereocenters. The molecule has 0 bridgehead atoms. The summed E-state index contributed by atoms with van der Waals surface area (Å²) in [6, 6.07) is 16.1. The van der Waals surface area contributed by atoms with Gasteiger partial charge in [0.05, 0.1) is 32.5 Å². The molecule has 1 fully saturated rings. The third-order valence-corrected chi connectivity index (χ3v) is 4.89. The lowest BCUT2D eigenvalue weighted by molar-refractivity contribution is 0.251. The van der Waals surface area contributed by atoms with Crippen LogP contribution in [0.1, 0.15) is 24.4 Å². The normalized spacial score (nSPS) is 15.6. The minimum Gasteiger partial charge on any atom is -0.497 e. The molecule has 6 nitrogen and oxygen atoms in total. The van der Waals surface area contributed by atoms with Gasteiger partial charge in [-0.15, -0.1) is 24.0 Å². The van der Waals surface area contributed by atoms with E-state index in [-0.39, 0.29) is 30.0 Å². The highest BCUT2D eigenvalue weighted by molar-refractivity contribution is 14.0. The number of rotatable bonds is 7. The summed E-state index contributed by atoms with van der Waals surface area (Å²) in [5, 5.41) is 3.14. The molecule has 2 aromatic rings. The van der Waals surface area contributed by atoms with Gasteiger partial charge in [-0.25, -0.2) is 0 Å². The van der Waals surface area contributed by atoms with Crippen molar-refractivity contribution >= 4 is 35.6 Å². The third-order valence-electron chi connectivity index (χ3n) is 4.89. The van der Waals surface area contributed by atoms with Crippen LogP contribution in [0.5, 0.6) is 11.5 Å². The minimum absolute atomic E-state index is 0. The molecule has 2 aromatic carbocycles. The number of aliphatic imine (C=N–C) groups is 1. The van der Waals surface area contributed by atoms with Crippen LogP contribution in [0.3, 0.4) is 0 Å². The molecule has 0 radical (unpaired) electrons. The molecule has 0 aromatic heterocycles. The van der Waals surface area contributed by atoms with Gasteiger partial charge in [-0.1, -0.05) is 24.3 Å². The highest BCUT2D eigenvalue weighted by Gasteiger charge is 2.23. The van der Waals surface area contributed by atoms with E-state index < -0.39 is 0 Å². The average Bonchev–Trinajstić information content (AvgIpc) is 3.23. The lowest BCUT2D eigenvalue weighted by Crippen LogP contribution is -2.30. The van der Waals surface area contributed by atoms with Crippen molar-refractivity contribution in [2.75, 3.05) is 39.2 Å². The van der Waals surface area contributed by atoms with Crippen molar-refractivity contribution < 1.29 is 9.47 Å². The van der Waals surface area contributed by atoms with Gasteiger partial charge in [-0.05, 0) is 55.8 Å². The quantitative estimate of drug-likeness (QED) is 0.346. The molecule has 0 aliphatic carbocycles. The predicted molar refractivity (Wildman–Crippen MR) is 125 cm³/mol. The Kier molecular flexibility index (Phi) is 8.85. The van der Waals surface area contributed by atoms with Crippen LogP contribution in [0.15, 0.2) is 53.5 Å². The van der Waals surface area contributed by atoms with Gasteiger partial charge in [0.15, 0.2) is 5.96 Å². The van der Waals surface area contributed by atoms with Crippen LogP contribution in [0.4, 0.5) is 5.69 Å². The molecular formula is C21H29IN4O2. The van der Waals surface area contributed by atoms with Crippen LogP contribution in [0, 0.1) is 0 Å². The maximum atomic E-state index is 6.14. The molecule has 1 heterocycles. The summed E-state index contributed by atoms with van der Waals surface area (Å²) in [6.07, 6.45) is 2.45. The van der Waals surface area contributed by atoms with Gasteiger partial charge >= 0.3 is 0 Å². The second kappa shape index (κ2) is 11.1. The second-order valence-corrected chi connectivity index (χ2v) is 6.58. The number of halogens is 1. The van der Waals surface area contributed by atoms with Crippen molar-refractivity contribution in [3.63, 3.8) is 0 Å². The number of nitrogens with zero attached hydrogens (tertiary/aromatic N) is 2. The number of benzene rings is 2. The van der Waals surface area contributed by atoms with Crippen LogP contribution in [-0.4, -0.2) is 44.7 Å². The molecule has 3 N–H and O–H groups in total. The molecule has 3 rings (SSSR count). The summed E-state index contributed by atoms with van der Waals surface area (Å²) in [7, 11) is 3.32. The van der Waals surface area contributed by atoms with Crippen molar-refractivity contribution in [2.24, 2.45) is 10.7 Å². The average molecular weight is 496 g/mol. The Morgan fingerprint density at radius 3 is 2.39 bits per heavy atom. The maximum absolute atomic E-state index is 6.14. The van der Waals surface area contributed by atoms with Crippen molar-refractivity contribution in [3.05, 3.63) is 54.1 Å². The molecule has 0 saturated carbocycles. The number of nitrogens with one attached hydrogen (secondary N) is 1. The van der Waals surface area contributed by atoms with E-state index in [1.54, 1.807) is 14.2 Å². The Morgan fingerprint density at radius 2 is 1.75 bits per heavy atom. The van der Waals surface area contributed by atoms with E-state index >= 15 is 0 Å². The van der Waals surface area contributed by atoms with Gasteiger partial charge in [-0.3, -0.25) is 9.89 Å². The topological polar surface area (TPSA) is 72.1 Å². The first-order chi connectivity index (χ1) is 13.2. The van der Waals surface area contributed by atoms with E-state index in [1.165, 1.54) is 18.4 Å². The Hall–Kier alpha value is -2.00. The number of hydrogen-bond acceptors (Lipinski definition) is 4. The maximum Gasteiger partial charge on any atom is 0.193 e. The summed E-state index contributed by atoms with van der Waals surface area (Å²) in [5.74, 6) is 1.99. The number of ether oxygens (including phenoxy) is 2. The van der Waals surface area contributed by atoms with Crippen LogP contribution in [-0.2, 0) is 0 Å². The Labute approximate surface area is 184 Å². The standard InChI is InChI=1S/C21H28N4O2.HI/c1-26-17-11-9-16(10-12-17)19(25-13-5-6-14-25)15-23-21(22)24-18-7-3-4-8-20(18)27-2;/h3-4,7-12,19H,5-6,13-15H2,1-2H3,(H3,22,23,24);1H. The zero-order valence-electron chi connectivity index (χ0n) is 16.4. The van der Waals surface area contributed by atoms with Crippen molar-refractivity contribution in [1.82, 2.24) is 4.90 Å². The fraction of sp³-hybridized carbons (Fsp3) is 0.381. The molecule has 152 valence electrons. The van der Waals surface area contributed by atoms with Gasteiger partial charge < -0.3 is 20.5 Å². The van der Waals surface area contributed by atoms with Crippen LogP contribution >= 0.6 is 24.0 Å². The van der Waals surface area contributed by atoms with E-state index in [1.807, 2.05) is 36.4 Å². The number of guanidine groups is 1. The van der Waals surface area contributed by atoms with Gasteiger partial charge in [0.2, 0.25) is 0 Å². The zero-order valence-corrected chi connectivity index (χ0v) is 18.8. The molecule has 0 spiro atoms. The minimum atomic E-state index is 0. The number of para-hydroxylation sites is 2. The van der Waals surface area contributed by atoms with E-state index in [4.69, 9.17) is 15.2 Å².